The third kappa shape index (κ3) is 4.91. The summed E-state index contributed by atoms with van der Waals surface area (Å²) in [7, 11) is 0. The van der Waals surface area contributed by atoms with Crippen molar-refractivity contribution in [2.45, 2.75) is 6.92 Å². The van der Waals surface area contributed by atoms with Crippen LogP contribution in [0.3, 0.4) is 0 Å². The molecule has 0 radical (unpaired) electrons. The van der Waals surface area contributed by atoms with E-state index in [1.54, 1.807) is 11.3 Å². The number of nitrogens with one attached hydrogen (secondary N) is 3. The van der Waals surface area contributed by atoms with Crippen LogP contribution >= 0.6 is 27.3 Å². The summed E-state index contributed by atoms with van der Waals surface area (Å²) in [4.78, 5) is 12.7. The second-order valence-corrected chi connectivity index (χ2v) is 6.94. The molecule has 0 bridgehead atoms. The minimum absolute atomic E-state index is 0.159. The number of rotatable bonds is 6. The molecule has 21 heavy (non-hydrogen) atoms. The highest BCUT2D eigenvalue weighted by Gasteiger charge is 2.04. The minimum Gasteiger partial charge on any atom is -0.376 e. The molecule has 1 aromatic carbocycles. The molecule has 0 spiro atoms. The van der Waals surface area contributed by atoms with Gasteiger partial charge in [0.2, 0.25) is 0 Å². The molecule has 0 saturated carbocycles. The van der Waals surface area contributed by atoms with Gasteiger partial charge in [0.1, 0.15) is 0 Å². The average Bonchev–Trinajstić information content (AvgIpc) is 2.89. The van der Waals surface area contributed by atoms with Crippen LogP contribution in [-0.4, -0.2) is 12.5 Å². The number of carbonyl (C=O) groups is 1. The molecule has 110 valence electrons. The topological polar surface area (TPSA) is 53.2 Å². The molecular weight excluding hydrogens is 350 g/mol. The molecule has 0 aliphatic carbocycles. The van der Waals surface area contributed by atoms with Crippen molar-refractivity contribution in [1.82, 2.24) is 10.9 Å². The van der Waals surface area contributed by atoms with E-state index in [2.05, 4.69) is 38.7 Å². The number of aryl methyl sites for hydroxylation is 1. The SMILES string of the molecule is C=C(NNC(=O)CNc1cccc(C)c1)c1ccc(Br)s1. The van der Waals surface area contributed by atoms with Crippen molar-refractivity contribution in [3.63, 3.8) is 0 Å². The van der Waals surface area contributed by atoms with E-state index in [0.717, 1.165) is 19.9 Å². The van der Waals surface area contributed by atoms with Gasteiger partial charge < -0.3 is 5.32 Å². The highest BCUT2D eigenvalue weighted by atomic mass is 79.9. The molecule has 6 heteroatoms. The summed E-state index contributed by atoms with van der Waals surface area (Å²) < 4.78 is 1.02. The fourth-order valence-corrected chi connectivity index (χ4v) is 2.98. The number of carbonyl (C=O) groups excluding carboxylic acids is 1. The van der Waals surface area contributed by atoms with Crippen molar-refractivity contribution in [1.29, 1.82) is 0 Å². The summed E-state index contributed by atoms with van der Waals surface area (Å²) >= 11 is 4.94. The maximum absolute atomic E-state index is 11.8. The lowest BCUT2D eigenvalue weighted by atomic mass is 10.2. The lowest BCUT2D eigenvalue weighted by Crippen LogP contribution is -2.39. The number of benzene rings is 1. The molecule has 2 aromatic rings. The molecule has 4 nitrogen and oxygen atoms in total. The van der Waals surface area contributed by atoms with Gasteiger partial charge in [-0.2, -0.15) is 0 Å². The number of thiophene rings is 1. The smallest absolute Gasteiger partial charge is 0.257 e. The van der Waals surface area contributed by atoms with Gasteiger partial charge >= 0.3 is 0 Å². The molecule has 2 rings (SSSR count). The summed E-state index contributed by atoms with van der Waals surface area (Å²) in [5.41, 5.74) is 8.16. The van der Waals surface area contributed by atoms with E-state index in [9.17, 15) is 4.79 Å². The van der Waals surface area contributed by atoms with Gasteiger partial charge in [-0.05, 0) is 52.7 Å². The molecule has 1 amide bonds. The Balaban J connectivity index is 1.76. The summed E-state index contributed by atoms with van der Waals surface area (Å²) in [5.74, 6) is -0.159. The summed E-state index contributed by atoms with van der Waals surface area (Å²) in [6.07, 6.45) is 0. The molecule has 0 fully saturated rings. The molecule has 0 atom stereocenters. The third-order valence-electron chi connectivity index (χ3n) is 2.69. The fraction of sp³-hybridized carbons (Fsp3) is 0.133. The highest BCUT2D eigenvalue weighted by molar-refractivity contribution is 9.11. The summed E-state index contributed by atoms with van der Waals surface area (Å²) in [6.45, 7) is 6.09. The molecule has 0 aliphatic heterocycles. The third-order valence-corrected chi connectivity index (χ3v) is 4.38. The van der Waals surface area contributed by atoms with Crippen molar-refractivity contribution in [3.05, 3.63) is 57.2 Å². The average molecular weight is 366 g/mol. The van der Waals surface area contributed by atoms with E-state index in [4.69, 9.17) is 0 Å². The molecule has 0 unspecified atom stereocenters. The molecular formula is C15H16BrN3OS. The van der Waals surface area contributed by atoms with Gasteiger partial charge in [-0.3, -0.25) is 15.6 Å². The first-order valence-corrected chi connectivity index (χ1v) is 7.95. The molecule has 0 saturated heterocycles. The Hall–Kier alpha value is -1.79. The van der Waals surface area contributed by atoms with E-state index in [-0.39, 0.29) is 12.5 Å². The van der Waals surface area contributed by atoms with Gasteiger partial charge in [0, 0.05) is 5.69 Å². The molecule has 3 N–H and O–H groups in total. The van der Waals surface area contributed by atoms with Crippen molar-refractivity contribution < 1.29 is 4.79 Å². The lowest BCUT2D eigenvalue weighted by molar-refractivity contribution is -0.120. The number of amides is 1. The van der Waals surface area contributed by atoms with Crippen LogP contribution in [0.25, 0.3) is 5.70 Å². The second-order valence-electron chi connectivity index (χ2n) is 4.48. The predicted molar refractivity (Wildman–Crippen MR) is 92.0 cm³/mol. The monoisotopic (exact) mass is 365 g/mol. The Kier molecular flexibility index (Phi) is 5.41. The van der Waals surface area contributed by atoms with Crippen LogP contribution in [0, 0.1) is 6.92 Å². The van der Waals surface area contributed by atoms with E-state index < -0.39 is 0 Å². The van der Waals surface area contributed by atoms with Crippen LogP contribution in [0.1, 0.15) is 10.4 Å². The first-order chi connectivity index (χ1) is 10.0. The number of hydrogen-bond donors (Lipinski definition) is 3. The van der Waals surface area contributed by atoms with E-state index >= 15 is 0 Å². The lowest BCUT2D eigenvalue weighted by Gasteiger charge is -2.11. The zero-order valence-corrected chi connectivity index (χ0v) is 14.0. The number of hydrogen-bond acceptors (Lipinski definition) is 4. The molecule has 1 aromatic heterocycles. The first-order valence-electron chi connectivity index (χ1n) is 6.34. The molecule has 1 heterocycles. The Morgan fingerprint density at radius 2 is 2.10 bits per heavy atom. The van der Waals surface area contributed by atoms with Crippen molar-refractivity contribution in [2.24, 2.45) is 0 Å². The van der Waals surface area contributed by atoms with E-state index in [0.29, 0.717) is 5.70 Å². The second kappa shape index (κ2) is 7.28. The Labute approximate surface area is 136 Å². The Morgan fingerprint density at radius 3 is 2.76 bits per heavy atom. The highest BCUT2D eigenvalue weighted by Crippen LogP contribution is 2.25. The predicted octanol–water partition coefficient (Wildman–Crippen LogP) is 3.52. The minimum atomic E-state index is -0.159. The fourth-order valence-electron chi connectivity index (χ4n) is 1.66. The zero-order valence-electron chi connectivity index (χ0n) is 11.6. The maximum atomic E-state index is 11.8. The quantitative estimate of drug-likeness (QED) is 0.686. The van der Waals surface area contributed by atoms with Crippen molar-refractivity contribution in [2.75, 3.05) is 11.9 Å². The standard InChI is InChI=1S/C15H16BrN3OS/c1-10-4-3-5-12(8-10)17-9-15(20)19-18-11(2)13-6-7-14(16)21-13/h3-8,17-18H,2,9H2,1H3,(H,19,20). The number of hydrazine groups is 1. The van der Waals surface area contributed by atoms with Gasteiger partial charge in [-0.1, -0.05) is 18.7 Å². The maximum Gasteiger partial charge on any atom is 0.257 e. The van der Waals surface area contributed by atoms with Gasteiger partial charge in [0.15, 0.2) is 0 Å². The van der Waals surface area contributed by atoms with E-state index in [1.165, 1.54) is 0 Å². The van der Waals surface area contributed by atoms with Crippen LogP contribution in [0.4, 0.5) is 5.69 Å². The van der Waals surface area contributed by atoms with Crippen LogP contribution in [-0.2, 0) is 4.79 Å². The largest absolute Gasteiger partial charge is 0.376 e. The first kappa shape index (κ1) is 15.6. The van der Waals surface area contributed by atoms with Crippen molar-refractivity contribution in [3.8, 4) is 0 Å². The van der Waals surface area contributed by atoms with Gasteiger partial charge in [-0.15, -0.1) is 11.3 Å². The van der Waals surface area contributed by atoms with Crippen LogP contribution in [0.5, 0.6) is 0 Å². The van der Waals surface area contributed by atoms with Gasteiger partial charge in [0.25, 0.3) is 5.91 Å². The molecule has 0 aliphatic rings. The van der Waals surface area contributed by atoms with Crippen LogP contribution in [0.2, 0.25) is 0 Å². The summed E-state index contributed by atoms with van der Waals surface area (Å²) in [6, 6.07) is 11.7. The van der Waals surface area contributed by atoms with Crippen LogP contribution < -0.4 is 16.2 Å². The van der Waals surface area contributed by atoms with Crippen molar-refractivity contribution >= 4 is 44.6 Å². The summed E-state index contributed by atoms with van der Waals surface area (Å²) in [5, 5.41) is 3.07. The zero-order chi connectivity index (χ0) is 15.2. The number of halogens is 1. The normalized spacial score (nSPS) is 10.0. The van der Waals surface area contributed by atoms with Crippen LogP contribution in [0.15, 0.2) is 46.8 Å². The number of anilines is 1. The Morgan fingerprint density at radius 1 is 1.29 bits per heavy atom. The van der Waals surface area contributed by atoms with E-state index in [1.807, 2.05) is 43.3 Å². The Bertz CT molecular complexity index is 654. The van der Waals surface area contributed by atoms with Gasteiger partial charge in [0.05, 0.1) is 20.9 Å². The van der Waals surface area contributed by atoms with Gasteiger partial charge in [-0.25, -0.2) is 0 Å².